The van der Waals surface area contributed by atoms with Crippen LogP contribution in [0.4, 0.5) is 5.95 Å². The molecule has 2 aliphatic carbocycles. The third-order valence-electron chi connectivity index (χ3n) is 8.82. The lowest BCUT2D eigenvalue weighted by Gasteiger charge is -2.43. The Labute approximate surface area is 230 Å². The van der Waals surface area contributed by atoms with E-state index in [2.05, 4.69) is 42.9 Å². The number of fused-ring (bicyclic) bond motifs is 4. The summed E-state index contributed by atoms with van der Waals surface area (Å²) in [6, 6.07) is 17.9. The van der Waals surface area contributed by atoms with Gasteiger partial charge in [0.25, 0.3) is 5.56 Å². The summed E-state index contributed by atoms with van der Waals surface area (Å²) in [6.07, 6.45) is 8.01. The molecule has 0 unspecified atom stereocenters. The number of carbonyl (C=O) groups excluding carboxylic acids is 1. The molecule has 1 aliphatic heterocycles. The molecule has 7 nitrogen and oxygen atoms in total. The average Bonchev–Trinajstić information content (AvgIpc) is 2.92. The van der Waals surface area contributed by atoms with Crippen LogP contribution in [-0.2, 0) is 27.8 Å². The number of nitrogens with one attached hydrogen (secondary N) is 2. The number of rotatable bonds is 5. The van der Waals surface area contributed by atoms with E-state index in [9.17, 15) is 9.59 Å². The van der Waals surface area contributed by atoms with Crippen LogP contribution in [0.3, 0.4) is 0 Å². The van der Waals surface area contributed by atoms with Gasteiger partial charge in [0.2, 0.25) is 11.9 Å². The number of nitrogens with zero attached hydrogens (tertiary/aromatic N) is 2. The molecule has 39 heavy (non-hydrogen) atoms. The standard InChI is InChI=1S/C32H38N4O3/c1-31(2)21-24(15-18-39-31)36-29(38)27-28(33-30(36)35-34-26(37)19-22-11-5-3-6-12-22)25-14-8-7-13-23(25)20-32(27)16-9-4-10-17-32/h3,5-8,11-14,24H,4,9-10,15-21H2,1-2H3,(H,33,35)(H,34,37)/t24-/m1/s1. The summed E-state index contributed by atoms with van der Waals surface area (Å²) >= 11 is 0. The van der Waals surface area contributed by atoms with Crippen molar-refractivity contribution in [2.24, 2.45) is 0 Å². The predicted octanol–water partition coefficient (Wildman–Crippen LogP) is 5.48. The molecule has 1 aromatic heterocycles. The molecule has 0 radical (unpaired) electrons. The molecule has 1 spiro atoms. The Morgan fingerprint density at radius 2 is 1.79 bits per heavy atom. The van der Waals surface area contributed by atoms with Gasteiger partial charge in [0, 0.05) is 23.6 Å². The highest BCUT2D eigenvalue weighted by atomic mass is 16.5. The number of amides is 1. The molecule has 1 atom stereocenters. The summed E-state index contributed by atoms with van der Waals surface area (Å²) < 4.78 is 7.83. The molecule has 1 saturated carbocycles. The minimum absolute atomic E-state index is 0.0268. The van der Waals surface area contributed by atoms with Crippen molar-refractivity contribution in [3.05, 3.63) is 81.6 Å². The van der Waals surface area contributed by atoms with Crippen LogP contribution in [0.1, 0.15) is 81.5 Å². The number of anilines is 1. The fourth-order valence-corrected chi connectivity index (χ4v) is 7.02. The lowest BCUT2D eigenvalue weighted by atomic mass is 9.62. The second kappa shape index (κ2) is 10.3. The lowest BCUT2D eigenvalue weighted by molar-refractivity contribution is -0.120. The zero-order chi connectivity index (χ0) is 27.0. The molecular formula is C32H38N4O3. The Balaban J connectivity index is 1.45. The molecule has 1 saturated heterocycles. The van der Waals surface area contributed by atoms with Crippen molar-refractivity contribution in [3.8, 4) is 11.3 Å². The highest BCUT2D eigenvalue weighted by Crippen LogP contribution is 2.49. The van der Waals surface area contributed by atoms with Crippen molar-refractivity contribution in [2.45, 2.75) is 88.7 Å². The van der Waals surface area contributed by atoms with Crippen molar-refractivity contribution in [3.63, 3.8) is 0 Å². The minimum atomic E-state index is -0.346. The van der Waals surface area contributed by atoms with Gasteiger partial charge in [0.15, 0.2) is 0 Å². The molecule has 204 valence electrons. The van der Waals surface area contributed by atoms with Crippen LogP contribution in [0.15, 0.2) is 59.4 Å². The third-order valence-corrected chi connectivity index (χ3v) is 8.82. The van der Waals surface area contributed by atoms with E-state index in [1.807, 2.05) is 41.0 Å². The molecular weight excluding hydrogens is 488 g/mol. The van der Waals surface area contributed by atoms with E-state index in [1.165, 1.54) is 12.0 Å². The Morgan fingerprint density at radius 3 is 2.56 bits per heavy atom. The van der Waals surface area contributed by atoms with Gasteiger partial charge in [-0.2, -0.15) is 0 Å². The number of ether oxygens (including phenoxy) is 1. The average molecular weight is 527 g/mol. The number of hydrogen-bond donors (Lipinski definition) is 2. The summed E-state index contributed by atoms with van der Waals surface area (Å²) in [6.45, 7) is 4.72. The molecule has 2 fully saturated rings. The maximum absolute atomic E-state index is 14.7. The first-order valence-electron chi connectivity index (χ1n) is 14.3. The van der Waals surface area contributed by atoms with E-state index < -0.39 is 0 Å². The van der Waals surface area contributed by atoms with E-state index in [0.29, 0.717) is 19.0 Å². The molecule has 2 N–H and O–H groups in total. The van der Waals surface area contributed by atoms with Gasteiger partial charge in [-0.05, 0) is 57.1 Å². The van der Waals surface area contributed by atoms with Crippen molar-refractivity contribution < 1.29 is 9.53 Å². The van der Waals surface area contributed by atoms with Gasteiger partial charge in [0.1, 0.15) is 0 Å². The van der Waals surface area contributed by atoms with Crippen LogP contribution in [0, 0.1) is 0 Å². The molecule has 0 bridgehead atoms. The molecule has 1 amide bonds. The van der Waals surface area contributed by atoms with Crippen LogP contribution >= 0.6 is 0 Å². The molecule has 7 heteroatoms. The third kappa shape index (κ3) is 5.00. The molecule has 2 aromatic carbocycles. The van der Waals surface area contributed by atoms with E-state index >= 15 is 0 Å². The summed E-state index contributed by atoms with van der Waals surface area (Å²) in [5.74, 6) is 0.210. The topological polar surface area (TPSA) is 85.3 Å². The zero-order valence-corrected chi connectivity index (χ0v) is 23.0. The van der Waals surface area contributed by atoms with Crippen molar-refractivity contribution in [1.29, 1.82) is 0 Å². The number of hydrogen-bond acceptors (Lipinski definition) is 5. The van der Waals surface area contributed by atoms with E-state index in [4.69, 9.17) is 9.72 Å². The van der Waals surface area contributed by atoms with Gasteiger partial charge in [-0.3, -0.25) is 25.0 Å². The zero-order valence-electron chi connectivity index (χ0n) is 23.0. The number of carbonyl (C=O) groups is 1. The summed E-state index contributed by atoms with van der Waals surface area (Å²) in [4.78, 5) is 32.7. The van der Waals surface area contributed by atoms with Crippen molar-refractivity contribution in [1.82, 2.24) is 15.0 Å². The first-order chi connectivity index (χ1) is 18.9. The van der Waals surface area contributed by atoms with Gasteiger partial charge in [-0.15, -0.1) is 0 Å². The highest BCUT2D eigenvalue weighted by Gasteiger charge is 2.44. The largest absolute Gasteiger partial charge is 0.375 e. The second-order valence-corrected chi connectivity index (χ2v) is 12.1. The van der Waals surface area contributed by atoms with Crippen LogP contribution in [0.25, 0.3) is 11.3 Å². The number of benzene rings is 2. The summed E-state index contributed by atoms with van der Waals surface area (Å²) in [7, 11) is 0. The molecule has 6 rings (SSSR count). The van der Waals surface area contributed by atoms with Gasteiger partial charge >= 0.3 is 0 Å². The lowest BCUT2D eigenvalue weighted by Crippen LogP contribution is -2.47. The first-order valence-corrected chi connectivity index (χ1v) is 14.3. The Morgan fingerprint density at radius 1 is 1.05 bits per heavy atom. The van der Waals surface area contributed by atoms with Crippen LogP contribution in [-0.4, -0.2) is 27.7 Å². The van der Waals surface area contributed by atoms with Gasteiger partial charge < -0.3 is 4.74 Å². The van der Waals surface area contributed by atoms with Gasteiger partial charge in [-0.1, -0.05) is 73.9 Å². The first kappa shape index (κ1) is 25.8. The van der Waals surface area contributed by atoms with Gasteiger partial charge in [0.05, 0.1) is 23.3 Å². The van der Waals surface area contributed by atoms with E-state index in [-0.39, 0.29) is 34.9 Å². The Bertz CT molecular complexity index is 1420. The smallest absolute Gasteiger partial charge is 0.259 e. The highest BCUT2D eigenvalue weighted by molar-refractivity contribution is 5.80. The van der Waals surface area contributed by atoms with E-state index in [1.54, 1.807) is 0 Å². The minimum Gasteiger partial charge on any atom is -0.375 e. The van der Waals surface area contributed by atoms with E-state index in [0.717, 1.165) is 60.9 Å². The number of aromatic nitrogens is 2. The maximum atomic E-state index is 14.7. The fraction of sp³-hybridized carbons (Fsp3) is 0.469. The SMILES string of the molecule is CC1(C)C[C@H](n2c(NNC(=O)Cc3ccccc3)nc3c(c2=O)C2(CCCCC2)Cc2ccccc2-3)CCO1. The number of hydrazine groups is 1. The fourth-order valence-electron chi connectivity index (χ4n) is 7.02. The van der Waals surface area contributed by atoms with Crippen LogP contribution in [0.5, 0.6) is 0 Å². The second-order valence-electron chi connectivity index (χ2n) is 12.1. The molecule has 3 aliphatic rings. The quantitative estimate of drug-likeness (QED) is 0.430. The Kier molecular flexibility index (Phi) is 6.79. The summed E-state index contributed by atoms with van der Waals surface area (Å²) in [5, 5.41) is 0. The molecule has 2 heterocycles. The van der Waals surface area contributed by atoms with Crippen molar-refractivity contribution in [2.75, 3.05) is 12.0 Å². The van der Waals surface area contributed by atoms with Crippen LogP contribution in [0.2, 0.25) is 0 Å². The van der Waals surface area contributed by atoms with Crippen LogP contribution < -0.4 is 16.4 Å². The molecule has 3 aromatic rings. The normalized spacial score (nSPS) is 21.0. The predicted molar refractivity (Wildman–Crippen MR) is 153 cm³/mol. The maximum Gasteiger partial charge on any atom is 0.259 e. The van der Waals surface area contributed by atoms with Crippen molar-refractivity contribution >= 4 is 11.9 Å². The Hall–Kier alpha value is -3.45. The van der Waals surface area contributed by atoms with Gasteiger partial charge in [-0.25, -0.2) is 4.98 Å². The summed E-state index contributed by atoms with van der Waals surface area (Å²) in [5.41, 5.74) is 10.2. The monoisotopic (exact) mass is 526 g/mol.